The molecule has 0 aliphatic carbocycles. The highest BCUT2D eigenvalue weighted by Crippen LogP contribution is 2.41. The molecule has 1 N–H and O–H groups in total. The largest absolute Gasteiger partial charge is 0.396 e. The van der Waals surface area contributed by atoms with Gasteiger partial charge in [-0.3, -0.25) is 4.84 Å². The Kier molecular flexibility index (Phi) is 6.01. The highest BCUT2D eigenvalue weighted by molar-refractivity contribution is 5.21. The van der Waals surface area contributed by atoms with Crippen molar-refractivity contribution in [2.45, 2.75) is 71.6 Å². The molecule has 0 aromatic heterocycles. The van der Waals surface area contributed by atoms with Crippen molar-refractivity contribution in [2.75, 3.05) is 6.61 Å². The fraction of sp³-hybridized carbons (Fsp3) is 0.684. The minimum absolute atomic E-state index is 0.0333. The number of nitrogens with zero attached hydrogens (tertiary/aromatic N) is 1. The third kappa shape index (κ3) is 4.09. The lowest BCUT2D eigenvalue weighted by Gasteiger charge is -2.37. The third-order valence-corrected chi connectivity index (χ3v) is 4.68. The van der Waals surface area contributed by atoms with Crippen molar-refractivity contribution < 1.29 is 9.94 Å². The first-order valence-electron chi connectivity index (χ1n) is 8.60. The van der Waals surface area contributed by atoms with E-state index in [2.05, 4.69) is 57.0 Å². The monoisotopic (exact) mass is 305 g/mol. The van der Waals surface area contributed by atoms with Crippen LogP contribution in [0.15, 0.2) is 24.3 Å². The van der Waals surface area contributed by atoms with Crippen LogP contribution in [0.25, 0.3) is 0 Å². The molecule has 0 saturated carbocycles. The Morgan fingerprint density at radius 3 is 2.55 bits per heavy atom. The molecule has 0 bridgehead atoms. The minimum Gasteiger partial charge on any atom is -0.396 e. The quantitative estimate of drug-likeness (QED) is 0.824. The van der Waals surface area contributed by atoms with Crippen molar-refractivity contribution in [3.63, 3.8) is 0 Å². The first-order valence-corrected chi connectivity index (χ1v) is 8.60. The fourth-order valence-electron chi connectivity index (χ4n) is 3.62. The van der Waals surface area contributed by atoms with Crippen LogP contribution in [0.4, 0.5) is 0 Å². The molecule has 2 atom stereocenters. The van der Waals surface area contributed by atoms with Gasteiger partial charge in [0.15, 0.2) is 0 Å². The predicted octanol–water partition coefficient (Wildman–Crippen LogP) is 4.08. The van der Waals surface area contributed by atoms with Gasteiger partial charge < -0.3 is 5.11 Å². The van der Waals surface area contributed by atoms with Crippen LogP contribution in [-0.4, -0.2) is 28.4 Å². The Bertz CT molecular complexity index is 457. The zero-order valence-electron chi connectivity index (χ0n) is 14.5. The number of hydrogen-bond acceptors (Lipinski definition) is 3. The molecule has 1 heterocycles. The summed E-state index contributed by atoms with van der Waals surface area (Å²) in [6.45, 7) is 9.81. The molecule has 0 radical (unpaired) electrons. The van der Waals surface area contributed by atoms with Crippen LogP contribution in [0.3, 0.4) is 0 Å². The highest BCUT2D eigenvalue weighted by Gasteiger charge is 2.46. The first-order chi connectivity index (χ1) is 10.5. The van der Waals surface area contributed by atoms with Gasteiger partial charge in [0.25, 0.3) is 0 Å². The summed E-state index contributed by atoms with van der Waals surface area (Å²) in [6.07, 6.45) is 4.17. The van der Waals surface area contributed by atoms with Crippen molar-refractivity contribution in [3.8, 4) is 0 Å². The van der Waals surface area contributed by atoms with Crippen molar-refractivity contribution >= 4 is 0 Å². The third-order valence-electron chi connectivity index (χ3n) is 4.68. The molecule has 0 spiro atoms. The number of hydroxylamine groups is 2. The molecule has 3 nitrogen and oxygen atoms in total. The number of rotatable bonds is 7. The lowest BCUT2D eigenvalue weighted by atomic mass is 9.81. The highest BCUT2D eigenvalue weighted by atomic mass is 16.7. The number of aryl methyl sites for hydroxylation is 1. The molecule has 1 aliphatic heterocycles. The van der Waals surface area contributed by atoms with E-state index < -0.39 is 0 Å². The zero-order chi connectivity index (χ0) is 16.2. The second kappa shape index (κ2) is 7.58. The smallest absolute Gasteiger partial charge is 0.0809 e. The van der Waals surface area contributed by atoms with Gasteiger partial charge in [0.2, 0.25) is 0 Å². The second-order valence-corrected chi connectivity index (χ2v) is 7.16. The van der Waals surface area contributed by atoms with E-state index in [1.807, 2.05) is 0 Å². The Labute approximate surface area is 135 Å². The summed E-state index contributed by atoms with van der Waals surface area (Å²) in [7, 11) is 0. The van der Waals surface area contributed by atoms with Crippen LogP contribution >= 0.6 is 0 Å². The van der Waals surface area contributed by atoms with E-state index in [1.165, 1.54) is 11.1 Å². The number of hydrogen-bond donors (Lipinski definition) is 1. The van der Waals surface area contributed by atoms with Crippen LogP contribution in [-0.2, 0) is 11.4 Å². The van der Waals surface area contributed by atoms with E-state index in [0.29, 0.717) is 5.92 Å². The van der Waals surface area contributed by atoms with Gasteiger partial charge in [0, 0.05) is 13.2 Å². The molecule has 1 aromatic rings. The van der Waals surface area contributed by atoms with Crippen LogP contribution in [0.2, 0.25) is 0 Å². The summed E-state index contributed by atoms with van der Waals surface area (Å²) >= 11 is 0. The maximum Gasteiger partial charge on any atom is 0.0809 e. The minimum atomic E-state index is -0.0333. The molecule has 22 heavy (non-hydrogen) atoms. The second-order valence-electron chi connectivity index (χ2n) is 7.16. The van der Waals surface area contributed by atoms with Crippen LogP contribution in [0.5, 0.6) is 0 Å². The van der Waals surface area contributed by atoms with Crippen molar-refractivity contribution in [3.05, 3.63) is 35.4 Å². The van der Waals surface area contributed by atoms with Gasteiger partial charge in [0.1, 0.15) is 0 Å². The molecule has 2 rings (SSSR count). The Morgan fingerprint density at radius 1 is 1.32 bits per heavy atom. The molecular weight excluding hydrogens is 274 g/mol. The Hall–Kier alpha value is -0.900. The van der Waals surface area contributed by atoms with Gasteiger partial charge in [-0.1, -0.05) is 50.6 Å². The van der Waals surface area contributed by atoms with Crippen LogP contribution < -0.4 is 0 Å². The molecule has 3 heteroatoms. The Balaban J connectivity index is 2.21. The topological polar surface area (TPSA) is 32.7 Å². The number of aliphatic hydroxyl groups is 1. The molecular formula is C19H31NO2. The van der Waals surface area contributed by atoms with E-state index in [0.717, 1.165) is 32.2 Å². The molecule has 1 saturated heterocycles. The lowest BCUT2D eigenvalue weighted by molar-refractivity contribution is -0.201. The summed E-state index contributed by atoms with van der Waals surface area (Å²) < 4.78 is 0. The average Bonchev–Trinajstić information content (AvgIpc) is 2.79. The van der Waals surface area contributed by atoms with Crippen LogP contribution in [0, 0.1) is 12.8 Å². The summed E-state index contributed by atoms with van der Waals surface area (Å²) in [5.41, 5.74) is 2.52. The fourth-order valence-corrected chi connectivity index (χ4v) is 3.62. The summed E-state index contributed by atoms with van der Waals surface area (Å²) in [5.74, 6) is 0.589. The molecule has 1 fully saturated rings. The molecule has 0 unspecified atom stereocenters. The van der Waals surface area contributed by atoms with Crippen LogP contribution in [0.1, 0.15) is 57.6 Å². The van der Waals surface area contributed by atoms with Gasteiger partial charge in [-0.25, -0.2) is 0 Å². The summed E-state index contributed by atoms with van der Waals surface area (Å²) in [6, 6.07) is 8.66. The number of benzene rings is 1. The van der Waals surface area contributed by atoms with Gasteiger partial charge in [-0.05, 0) is 44.1 Å². The SMILES string of the molecule is CC[C@H]1C[C@@](CCO)(CC(C)C)N(Cc2ccc(C)cc2)O1. The van der Waals surface area contributed by atoms with E-state index in [4.69, 9.17) is 4.84 Å². The van der Waals surface area contributed by atoms with Gasteiger partial charge in [-0.15, -0.1) is 0 Å². The predicted molar refractivity (Wildman–Crippen MR) is 90.4 cm³/mol. The standard InChI is InChI=1S/C19H31NO2/c1-5-18-13-19(10-11-21,12-15(2)3)20(22-18)14-17-8-6-16(4)7-9-17/h6-9,15,18,21H,5,10-14H2,1-4H3/t18-,19+/m0/s1. The van der Waals surface area contributed by atoms with Gasteiger partial charge in [0.05, 0.1) is 11.6 Å². The maximum atomic E-state index is 9.60. The Morgan fingerprint density at radius 2 is 2.00 bits per heavy atom. The molecule has 1 aromatic carbocycles. The van der Waals surface area contributed by atoms with E-state index >= 15 is 0 Å². The van der Waals surface area contributed by atoms with E-state index in [-0.39, 0.29) is 18.2 Å². The zero-order valence-corrected chi connectivity index (χ0v) is 14.5. The number of aliphatic hydroxyl groups excluding tert-OH is 1. The summed E-state index contributed by atoms with van der Waals surface area (Å²) in [4.78, 5) is 6.24. The van der Waals surface area contributed by atoms with E-state index in [9.17, 15) is 5.11 Å². The van der Waals surface area contributed by atoms with Gasteiger partial charge >= 0.3 is 0 Å². The van der Waals surface area contributed by atoms with Crippen molar-refractivity contribution in [1.29, 1.82) is 0 Å². The maximum absolute atomic E-state index is 9.60. The molecule has 1 aliphatic rings. The average molecular weight is 305 g/mol. The molecule has 0 amide bonds. The van der Waals surface area contributed by atoms with Crippen molar-refractivity contribution in [1.82, 2.24) is 5.06 Å². The lowest BCUT2D eigenvalue weighted by Crippen LogP contribution is -2.44. The first kappa shape index (κ1) is 17.5. The normalized spacial score (nSPS) is 26.0. The van der Waals surface area contributed by atoms with E-state index in [1.54, 1.807) is 0 Å². The molecule has 124 valence electrons. The summed E-state index contributed by atoms with van der Waals surface area (Å²) in [5, 5.41) is 11.8. The van der Waals surface area contributed by atoms with Crippen molar-refractivity contribution in [2.24, 2.45) is 5.92 Å². The van der Waals surface area contributed by atoms with Gasteiger partial charge in [-0.2, -0.15) is 5.06 Å².